The van der Waals surface area contributed by atoms with Crippen LogP contribution in [-0.2, 0) is 24.3 Å². The Kier molecular flexibility index (Phi) is 7.23. The second-order valence-electron chi connectivity index (χ2n) is 8.58. The molecule has 0 aliphatic heterocycles. The fraction of sp³-hybridized carbons (Fsp3) is 0.417. The highest BCUT2D eigenvalue weighted by Crippen LogP contribution is 2.27. The Hall–Kier alpha value is -2.78. The molecule has 1 saturated carbocycles. The van der Waals surface area contributed by atoms with Gasteiger partial charge in [-0.3, -0.25) is 9.59 Å². The van der Waals surface area contributed by atoms with Gasteiger partial charge in [0.1, 0.15) is 11.9 Å². The maximum atomic E-state index is 13.3. The fourth-order valence-corrected chi connectivity index (χ4v) is 5.36. The number of carbonyl (C=O) groups excluding carboxylic acids is 2. The van der Waals surface area contributed by atoms with Gasteiger partial charge in [0, 0.05) is 11.6 Å². The molecule has 0 aromatic heterocycles. The van der Waals surface area contributed by atoms with Crippen LogP contribution in [-0.4, -0.2) is 32.4 Å². The third-order valence-electron chi connectivity index (χ3n) is 5.82. The second-order valence-corrected chi connectivity index (χ2v) is 10.2. The number of nitrogens with one attached hydrogen (secondary N) is 2. The van der Waals surface area contributed by atoms with E-state index in [1.807, 2.05) is 19.9 Å². The van der Waals surface area contributed by atoms with Crippen molar-refractivity contribution in [1.82, 2.24) is 10.0 Å². The van der Waals surface area contributed by atoms with Crippen molar-refractivity contribution >= 4 is 21.9 Å². The van der Waals surface area contributed by atoms with Crippen LogP contribution in [0.2, 0.25) is 0 Å². The zero-order chi connectivity index (χ0) is 24.5. The van der Waals surface area contributed by atoms with Gasteiger partial charge in [-0.1, -0.05) is 18.2 Å². The predicted molar refractivity (Wildman–Crippen MR) is 122 cm³/mol. The van der Waals surface area contributed by atoms with Crippen LogP contribution in [0.25, 0.3) is 0 Å². The number of sulfonamides is 1. The van der Waals surface area contributed by atoms with Crippen molar-refractivity contribution in [3.63, 3.8) is 0 Å². The van der Waals surface area contributed by atoms with Crippen LogP contribution >= 0.6 is 0 Å². The van der Waals surface area contributed by atoms with E-state index in [2.05, 4.69) is 10.0 Å². The molecule has 0 bridgehead atoms. The third-order valence-corrected chi connectivity index (χ3v) is 7.63. The molecule has 1 unspecified atom stereocenters. The lowest BCUT2D eigenvalue weighted by molar-refractivity contribution is -0.157. The molecule has 0 saturated heterocycles. The summed E-state index contributed by atoms with van der Waals surface area (Å²) in [5.41, 5.74) is 3.13. The maximum Gasteiger partial charge on any atom is 0.325 e. The topological polar surface area (TPSA) is 102 Å². The van der Waals surface area contributed by atoms with Crippen LogP contribution in [0.3, 0.4) is 0 Å². The highest BCUT2D eigenvalue weighted by molar-refractivity contribution is 7.89. The normalized spacial score (nSPS) is 15.6. The summed E-state index contributed by atoms with van der Waals surface area (Å²) in [6.45, 7) is 8.43. The van der Waals surface area contributed by atoms with Crippen LogP contribution in [0, 0.1) is 33.5 Å². The SMILES string of the molecule is Cc1cc(C)c(C)c(S(=O)(=O)N[C@@H](C)C(=O)OC(C(=O)NC2CC2)c2ccc(F)cc2)c1C. The van der Waals surface area contributed by atoms with Crippen LogP contribution < -0.4 is 10.0 Å². The van der Waals surface area contributed by atoms with E-state index in [0.717, 1.165) is 24.0 Å². The minimum atomic E-state index is -4.05. The van der Waals surface area contributed by atoms with Crippen molar-refractivity contribution in [2.45, 2.75) is 70.5 Å². The van der Waals surface area contributed by atoms with Gasteiger partial charge in [0.15, 0.2) is 0 Å². The molecule has 2 atom stereocenters. The van der Waals surface area contributed by atoms with Gasteiger partial charge in [-0.15, -0.1) is 0 Å². The maximum absolute atomic E-state index is 13.3. The first-order chi connectivity index (χ1) is 15.4. The summed E-state index contributed by atoms with van der Waals surface area (Å²) in [5, 5.41) is 2.76. The number of benzene rings is 2. The third kappa shape index (κ3) is 5.78. The smallest absolute Gasteiger partial charge is 0.325 e. The van der Waals surface area contributed by atoms with E-state index in [4.69, 9.17) is 4.74 Å². The van der Waals surface area contributed by atoms with E-state index in [-0.39, 0.29) is 10.9 Å². The molecular formula is C24H29FN2O5S. The van der Waals surface area contributed by atoms with E-state index < -0.39 is 39.9 Å². The summed E-state index contributed by atoms with van der Waals surface area (Å²) < 4.78 is 47.4. The molecule has 0 heterocycles. The number of ether oxygens (including phenoxy) is 1. The van der Waals surface area contributed by atoms with E-state index >= 15 is 0 Å². The zero-order valence-corrected chi connectivity index (χ0v) is 20.2. The number of hydrogen-bond acceptors (Lipinski definition) is 5. The molecule has 178 valence electrons. The summed E-state index contributed by atoms with van der Waals surface area (Å²) in [4.78, 5) is 25.6. The van der Waals surface area contributed by atoms with Gasteiger partial charge >= 0.3 is 5.97 Å². The summed E-state index contributed by atoms with van der Waals surface area (Å²) >= 11 is 0. The molecule has 2 aromatic rings. The second kappa shape index (κ2) is 9.61. The molecule has 7 nitrogen and oxygen atoms in total. The van der Waals surface area contributed by atoms with E-state index in [9.17, 15) is 22.4 Å². The van der Waals surface area contributed by atoms with E-state index in [1.54, 1.807) is 13.8 Å². The number of aryl methyl sites for hydroxylation is 2. The number of rotatable bonds is 8. The minimum absolute atomic E-state index is 0.0191. The van der Waals surface area contributed by atoms with Gasteiger partial charge in [0.2, 0.25) is 16.1 Å². The largest absolute Gasteiger partial charge is 0.446 e. The lowest BCUT2D eigenvalue weighted by Gasteiger charge is -2.22. The Balaban J connectivity index is 1.81. The highest BCUT2D eigenvalue weighted by atomic mass is 32.2. The molecule has 1 aliphatic rings. The van der Waals surface area contributed by atoms with Crippen LogP contribution in [0.4, 0.5) is 4.39 Å². The molecule has 2 aromatic carbocycles. The Morgan fingerprint density at radius 1 is 1.03 bits per heavy atom. The van der Waals surface area contributed by atoms with Crippen LogP contribution in [0.5, 0.6) is 0 Å². The fourth-order valence-electron chi connectivity index (χ4n) is 3.56. The van der Waals surface area contributed by atoms with Gasteiger partial charge in [-0.25, -0.2) is 12.8 Å². The summed E-state index contributed by atoms with van der Waals surface area (Å²) in [6, 6.07) is 5.72. The highest BCUT2D eigenvalue weighted by Gasteiger charge is 2.33. The first-order valence-electron chi connectivity index (χ1n) is 10.8. The first-order valence-corrected chi connectivity index (χ1v) is 12.2. The number of hydrogen-bond donors (Lipinski definition) is 2. The summed E-state index contributed by atoms with van der Waals surface area (Å²) in [5.74, 6) is -1.95. The van der Waals surface area contributed by atoms with Crippen molar-refractivity contribution in [2.24, 2.45) is 0 Å². The molecule has 3 rings (SSSR count). The molecule has 33 heavy (non-hydrogen) atoms. The summed E-state index contributed by atoms with van der Waals surface area (Å²) in [6.07, 6.45) is 0.344. The lowest BCUT2D eigenvalue weighted by atomic mass is 10.0. The number of amides is 1. The molecule has 0 radical (unpaired) electrons. The molecule has 1 fully saturated rings. The zero-order valence-electron chi connectivity index (χ0n) is 19.4. The standard InChI is InChI=1S/C24H29FN2O5S/c1-13-12-14(2)16(4)22(15(13)3)33(30,31)27-17(5)24(29)32-21(23(28)26-20-10-11-20)18-6-8-19(25)9-7-18/h6-9,12,17,20-21,27H,10-11H2,1-5H3,(H,26,28)/t17-,21?/m0/s1. The number of carbonyl (C=O) groups is 2. The Morgan fingerprint density at radius 2 is 1.58 bits per heavy atom. The van der Waals surface area contributed by atoms with Crippen molar-refractivity contribution in [1.29, 1.82) is 0 Å². The molecule has 0 spiro atoms. The van der Waals surface area contributed by atoms with Crippen molar-refractivity contribution in [2.75, 3.05) is 0 Å². The van der Waals surface area contributed by atoms with E-state index in [1.165, 1.54) is 31.2 Å². The van der Waals surface area contributed by atoms with Gasteiger partial charge in [0.25, 0.3) is 5.91 Å². The van der Waals surface area contributed by atoms with Gasteiger partial charge < -0.3 is 10.1 Å². The quantitative estimate of drug-likeness (QED) is 0.570. The Bertz CT molecular complexity index is 1150. The molecule has 2 N–H and O–H groups in total. The van der Waals surface area contributed by atoms with E-state index in [0.29, 0.717) is 16.7 Å². The Labute approximate surface area is 193 Å². The molecular weight excluding hydrogens is 447 g/mol. The lowest BCUT2D eigenvalue weighted by Crippen LogP contribution is -2.42. The number of halogens is 1. The van der Waals surface area contributed by atoms with Gasteiger partial charge in [-0.05, 0) is 81.8 Å². The van der Waals surface area contributed by atoms with Crippen molar-refractivity contribution in [3.05, 3.63) is 64.0 Å². The van der Waals surface area contributed by atoms with Crippen LogP contribution in [0.15, 0.2) is 35.2 Å². The minimum Gasteiger partial charge on any atom is -0.446 e. The van der Waals surface area contributed by atoms with Gasteiger partial charge in [-0.2, -0.15) is 4.72 Å². The predicted octanol–water partition coefficient (Wildman–Crippen LogP) is 3.29. The monoisotopic (exact) mass is 476 g/mol. The molecule has 9 heteroatoms. The molecule has 1 amide bonds. The molecule has 1 aliphatic carbocycles. The van der Waals surface area contributed by atoms with Gasteiger partial charge in [0.05, 0.1) is 4.90 Å². The Morgan fingerprint density at radius 3 is 2.09 bits per heavy atom. The number of esters is 1. The average molecular weight is 477 g/mol. The van der Waals surface area contributed by atoms with Crippen molar-refractivity contribution < 1.29 is 27.1 Å². The summed E-state index contributed by atoms with van der Waals surface area (Å²) in [7, 11) is -4.05. The van der Waals surface area contributed by atoms with Crippen molar-refractivity contribution in [3.8, 4) is 0 Å². The first kappa shape index (κ1) is 24.9. The average Bonchev–Trinajstić information content (AvgIpc) is 3.54. The van der Waals surface area contributed by atoms with Crippen LogP contribution in [0.1, 0.15) is 53.7 Å².